The molecule has 2 unspecified atom stereocenters. The van der Waals surface area contributed by atoms with E-state index in [9.17, 15) is 0 Å². The summed E-state index contributed by atoms with van der Waals surface area (Å²) in [6, 6.07) is 4.28. The summed E-state index contributed by atoms with van der Waals surface area (Å²) in [7, 11) is 4.92. The molecule has 1 aromatic rings. The molecule has 5 heteroatoms. The highest BCUT2D eigenvalue weighted by atomic mass is 16.5. The third-order valence-electron chi connectivity index (χ3n) is 4.24. The topological polar surface area (TPSA) is 57.0 Å². The number of methoxy groups -OCH3 is 3. The molecule has 1 aliphatic heterocycles. The molecule has 0 aliphatic carbocycles. The van der Waals surface area contributed by atoms with Gasteiger partial charge >= 0.3 is 0 Å². The van der Waals surface area contributed by atoms with E-state index in [-0.39, 0.29) is 0 Å². The number of nitrogens with two attached hydrogens (primary N) is 1. The molecule has 118 valence electrons. The molecule has 2 N–H and O–H groups in total. The molecule has 1 heterocycles. The van der Waals surface area contributed by atoms with Gasteiger partial charge in [-0.2, -0.15) is 0 Å². The molecular weight excluding hydrogens is 268 g/mol. The number of nitrogens with zero attached hydrogens (tertiary/aromatic N) is 1. The number of benzene rings is 1. The normalized spacial score (nSPS) is 22.9. The van der Waals surface area contributed by atoms with Gasteiger partial charge in [0.05, 0.1) is 21.3 Å². The number of ether oxygens (including phenoxy) is 3. The summed E-state index contributed by atoms with van der Waals surface area (Å²) in [5.74, 6) is 2.61. The van der Waals surface area contributed by atoms with Crippen LogP contribution in [0.15, 0.2) is 12.1 Å². The quantitative estimate of drug-likeness (QED) is 0.898. The van der Waals surface area contributed by atoms with Crippen molar-refractivity contribution in [3.05, 3.63) is 17.7 Å². The van der Waals surface area contributed by atoms with E-state index in [0.29, 0.717) is 23.5 Å². The summed E-state index contributed by atoms with van der Waals surface area (Å²) in [5.41, 5.74) is 7.19. The fraction of sp³-hybridized carbons (Fsp3) is 0.625. The van der Waals surface area contributed by atoms with Gasteiger partial charge in [0.15, 0.2) is 11.5 Å². The Kier molecular flexibility index (Phi) is 5.31. The first kappa shape index (κ1) is 15.9. The highest BCUT2D eigenvalue weighted by Gasteiger charge is 2.25. The molecule has 1 fully saturated rings. The molecule has 0 aromatic heterocycles. The van der Waals surface area contributed by atoms with E-state index < -0.39 is 0 Å². The summed E-state index contributed by atoms with van der Waals surface area (Å²) < 4.78 is 16.3. The molecule has 0 radical (unpaired) electrons. The highest BCUT2D eigenvalue weighted by molar-refractivity contribution is 5.55. The third-order valence-corrected chi connectivity index (χ3v) is 4.24. The van der Waals surface area contributed by atoms with Crippen LogP contribution in [0.25, 0.3) is 0 Å². The van der Waals surface area contributed by atoms with Gasteiger partial charge in [0.25, 0.3) is 0 Å². The van der Waals surface area contributed by atoms with Crippen molar-refractivity contribution in [2.45, 2.75) is 25.9 Å². The van der Waals surface area contributed by atoms with Gasteiger partial charge in [0.2, 0.25) is 5.75 Å². The minimum atomic E-state index is 0.313. The van der Waals surface area contributed by atoms with Crippen LogP contribution < -0.4 is 19.9 Å². The lowest BCUT2D eigenvalue weighted by molar-refractivity contribution is 0.156. The van der Waals surface area contributed by atoms with Gasteiger partial charge in [-0.15, -0.1) is 0 Å². The monoisotopic (exact) mass is 294 g/mol. The Balaban J connectivity index is 2.20. The Morgan fingerprint density at radius 1 is 1.14 bits per heavy atom. The maximum absolute atomic E-state index is 6.09. The van der Waals surface area contributed by atoms with E-state index in [0.717, 1.165) is 37.4 Å². The van der Waals surface area contributed by atoms with E-state index in [1.807, 2.05) is 12.1 Å². The van der Waals surface area contributed by atoms with Crippen molar-refractivity contribution in [2.75, 3.05) is 34.4 Å². The van der Waals surface area contributed by atoms with Crippen molar-refractivity contribution >= 4 is 0 Å². The van der Waals surface area contributed by atoms with Gasteiger partial charge in [-0.25, -0.2) is 0 Å². The minimum Gasteiger partial charge on any atom is -0.493 e. The molecule has 21 heavy (non-hydrogen) atoms. The third kappa shape index (κ3) is 3.41. The Bertz CT molecular complexity index is 479. The van der Waals surface area contributed by atoms with Crippen LogP contribution >= 0.6 is 0 Å². The van der Waals surface area contributed by atoms with Crippen LogP contribution in [0.5, 0.6) is 17.2 Å². The van der Waals surface area contributed by atoms with Gasteiger partial charge in [-0.3, -0.25) is 4.90 Å². The van der Waals surface area contributed by atoms with Crippen molar-refractivity contribution in [1.82, 2.24) is 4.90 Å². The lowest BCUT2D eigenvalue weighted by Gasteiger charge is -2.35. The lowest BCUT2D eigenvalue weighted by atomic mass is 9.94. The number of hydrogen-bond acceptors (Lipinski definition) is 5. The van der Waals surface area contributed by atoms with Crippen molar-refractivity contribution in [1.29, 1.82) is 0 Å². The first-order valence-corrected chi connectivity index (χ1v) is 7.36. The molecular formula is C16H26N2O3. The molecule has 0 saturated carbocycles. The molecule has 0 bridgehead atoms. The summed E-state index contributed by atoms with van der Waals surface area (Å²) in [6.45, 7) is 5.07. The fourth-order valence-corrected chi connectivity index (χ4v) is 2.92. The smallest absolute Gasteiger partial charge is 0.203 e. The molecule has 1 saturated heterocycles. The highest BCUT2D eigenvalue weighted by Crippen LogP contribution is 2.40. The predicted molar refractivity (Wildman–Crippen MR) is 83.1 cm³/mol. The van der Waals surface area contributed by atoms with Crippen LogP contribution in [0.2, 0.25) is 0 Å². The Hall–Kier alpha value is -1.46. The van der Waals surface area contributed by atoms with Crippen LogP contribution in [-0.2, 0) is 6.54 Å². The molecule has 0 amide bonds. The summed E-state index contributed by atoms with van der Waals surface area (Å²) >= 11 is 0. The second-order valence-electron chi connectivity index (χ2n) is 5.66. The minimum absolute atomic E-state index is 0.313. The number of likely N-dealkylation sites (tertiary alicyclic amines) is 1. The second kappa shape index (κ2) is 7.00. The largest absolute Gasteiger partial charge is 0.493 e. The maximum atomic E-state index is 6.09. The first-order chi connectivity index (χ1) is 10.1. The van der Waals surface area contributed by atoms with Gasteiger partial charge in [-0.1, -0.05) is 13.0 Å². The molecule has 1 aromatic carbocycles. The van der Waals surface area contributed by atoms with E-state index in [1.54, 1.807) is 21.3 Å². The van der Waals surface area contributed by atoms with Gasteiger partial charge in [-0.05, 0) is 24.9 Å². The average molecular weight is 294 g/mol. The molecule has 2 atom stereocenters. The molecule has 2 rings (SSSR count). The van der Waals surface area contributed by atoms with Crippen molar-refractivity contribution in [3.63, 3.8) is 0 Å². The molecule has 5 nitrogen and oxygen atoms in total. The standard InChI is InChI=1S/C16H26N2O3/c1-11-9-18(8-7-13(11)17)10-12-5-6-14(19-2)16(21-4)15(12)20-3/h5-6,11,13H,7-10,17H2,1-4H3. The summed E-state index contributed by atoms with van der Waals surface area (Å²) in [5, 5.41) is 0. The van der Waals surface area contributed by atoms with Crippen LogP contribution in [0, 0.1) is 5.92 Å². The van der Waals surface area contributed by atoms with E-state index in [4.69, 9.17) is 19.9 Å². The number of rotatable bonds is 5. The fourth-order valence-electron chi connectivity index (χ4n) is 2.92. The maximum Gasteiger partial charge on any atom is 0.203 e. The summed E-state index contributed by atoms with van der Waals surface area (Å²) in [4.78, 5) is 2.41. The van der Waals surface area contributed by atoms with Crippen LogP contribution in [0.4, 0.5) is 0 Å². The second-order valence-corrected chi connectivity index (χ2v) is 5.66. The van der Waals surface area contributed by atoms with Crippen molar-refractivity contribution < 1.29 is 14.2 Å². The zero-order chi connectivity index (χ0) is 15.4. The van der Waals surface area contributed by atoms with Crippen molar-refractivity contribution in [3.8, 4) is 17.2 Å². The van der Waals surface area contributed by atoms with Gasteiger partial charge in [0, 0.05) is 24.7 Å². The van der Waals surface area contributed by atoms with Gasteiger partial charge < -0.3 is 19.9 Å². The molecule has 1 aliphatic rings. The Morgan fingerprint density at radius 2 is 1.86 bits per heavy atom. The number of hydrogen-bond donors (Lipinski definition) is 1. The summed E-state index contributed by atoms with van der Waals surface area (Å²) in [6.07, 6.45) is 1.04. The van der Waals surface area contributed by atoms with E-state index in [2.05, 4.69) is 11.8 Å². The lowest BCUT2D eigenvalue weighted by Crippen LogP contribution is -2.45. The average Bonchev–Trinajstić information content (AvgIpc) is 2.50. The SMILES string of the molecule is COc1ccc(CN2CCC(N)C(C)C2)c(OC)c1OC. The van der Waals surface area contributed by atoms with Crippen LogP contribution in [0.3, 0.4) is 0 Å². The van der Waals surface area contributed by atoms with Crippen LogP contribution in [0.1, 0.15) is 18.9 Å². The van der Waals surface area contributed by atoms with Crippen molar-refractivity contribution in [2.24, 2.45) is 11.7 Å². The van der Waals surface area contributed by atoms with E-state index >= 15 is 0 Å². The van der Waals surface area contributed by atoms with Gasteiger partial charge in [0.1, 0.15) is 0 Å². The first-order valence-electron chi connectivity index (χ1n) is 7.36. The Labute approximate surface area is 127 Å². The zero-order valence-corrected chi connectivity index (χ0v) is 13.4. The predicted octanol–water partition coefficient (Wildman–Crippen LogP) is 1.88. The number of piperidine rings is 1. The zero-order valence-electron chi connectivity index (χ0n) is 13.4. The molecule has 0 spiro atoms. The Morgan fingerprint density at radius 3 is 2.43 bits per heavy atom. The van der Waals surface area contributed by atoms with E-state index in [1.165, 1.54) is 0 Å². The van der Waals surface area contributed by atoms with Crippen LogP contribution in [-0.4, -0.2) is 45.4 Å².